The van der Waals surface area contributed by atoms with Crippen LogP contribution >= 0.6 is 0 Å². The number of aromatic carboxylic acids is 1. The number of hydrogen-bond donors (Lipinski definition) is 3. The van der Waals surface area contributed by atoms with Crippen molar-refractivity contribution in [3.8, 4) is 0 Å². The number of aromatic amines is 1. The first kappa shape index (κ1) is 8.74. The maximum absolute atomic E-state index is 10.8. The highest BCUT2D eigenvalue weighted by Crippen LogP contribution is 2.22. The zero-order chi connectivity index (χ0) is 10.1. The molecule has 74 valence electrons. The number of rotatable bonds is 1. The molecular formula is C8H9N3O3. The fourth-order valence-electron chi connectivity index (χ4n) is 1.68. The molecule has 14 heavy (non-hydrogen) atoms. The molecule has 0 unspecified atom stereocenters. The van der Waals surface area contributed by atoms with Crippen molar-refractivity contribution in [2.24, 2.45) is 5.16 Å². The minimum atomic E-state index is -1.11. The lowest BCUT2D eigenvalue weighted by atomic mass is 9.94. The fourth-order valence-corrected chi connectivity index (χ4v) is 1.68. The van der Waals surface area contributed by atoms with Gasteiger partial charge in [-0.3, -0.25) is 5.10 Å². The Morgan fingerprint density at radius 1 is 1.50 bits per heavy atom. The Labute approximate surface area is 79.2 Å². The highest BCUT2D eigenvalue weighted by Gasteiger charge is 2.26. The number of oxime groups is 1. The number of aromatic nitrogens is 2. The molecule has 6 heteroatoms. The quantitative estimate of drug-likeness (QED) is 0.452. The van der Waals surface area contributed by atoms with Crippen molar-refractivity contribution < 1.29 is 15.1 Å². The van der Waals surface area contributed by atoms with E-state index in [1.165, 1.54) is 0 Å². The summed E-state index contributed by atoms with van der Waals surface area (Å²) >= 11 is 0. The van der Waals surface area contributed by atoms with Crippen LogP contribution in [0, 0.1) is 0 Å². The van der Waals surface area contributed by atoms with Gasteiger partial charge in [0.2, 0.25) is 0 Å². The molecular weight excluding hydrogens is 186 g/mol. The first-order valence-electron chi connectivity index (χ1n) is 4.26. The smallest absolute Gasteiger partial charge is 0.357 e. The monoisotopic (exact) mass is 195 g/mol. The van der Waals surface area contributed by atoms with Gasteiger partial charge in [0, 0.05) is 5.69 Å². The van der Waals surface area contributed by atoms with Crippen LogP contribution < -0.4 is 0 Å². The molecule has 6 nitrogen and oxygen atoms in total. The Kier molecular flexibility index (Phi) is 1.95. The van der Waals surface area contributed by atoms with E-state index >= 15 is 0 Å². The van der Waals surface area contributed by atoms with Gasteiger partial charge in [0.1, 0.15) is 0 Å². The van der Waals surface area contributed by atoms with Crippen molar-refractivity contribution in [1.29, 1.82) is 0 Å². The van der Waals surface area contributed by atoms with Gasteiger partial charge >= 0.3 is 5.97 Å². The summed E-state index contributed by atoms with van der Waals surface area (Å²) in [6.45, 7) is 0. The largest absolute Gasteiger partial charge is 0.476 e. The van der Waals surface area contributed by atoms with Crippen molar-refractivity contribution in [3.63, 3.8) is 0 Å². The van der Waals surface area contributed by atoms with Crippen LogP contribution in [-0.2, 0) is 6.42 Å². The molecule has 0 spiro atoms. The standard InChI is InChI=1S/C8H9N3O3/c12-8(13)7-6-4(9-10-7)2-1-3-5(6)11-14/h14H,1-3H2,(H,9,10)(H,12,13). The van der Waals surface area contributed by atoms with Crippen molar-refractivity contribution in [3.05, 3.63) is 17.0 Å². The molecule has 0 radical (unpaired) electrons. The summed E-state index contributed by atoms with van der Waals surface area (Å²) in [5.74, 6) is -1.11. The number of nitrogens with one attached hydrogen (secondary N) is 1. The number of fused-ring (bicyclic) bond motifs is 1. The second-order valence-corrected chi connectivity index (χ2v) is 3.13. The molecule has 1 aliphatic carbocycles. The second-order valence-electron chi connectivity index (χ2n) is 3.13. The van der Waals surface area contributed by atoms with E-state index < -0.39 is 5.97 Å². The summed E-state index contributed by atoms with van der Waals surface area (Å²) in [5.41, 5.74) is 1.53. The van der Waals surface area contributed by atoms with Gasteiger partial charge in [-0.2, -0.15) is 5.10 Å². The Bertz CT molecular complexity index is 408. The first-order valence-corrected chi connectivity index (χ1v) is 4.26. The van der Waals surface area contributed by atoms with Crippen LogP contribution in [-0.4, -0.2) is 32.2 Å². The van der Waals surface area contributed by atoms with E-state index in [-0.39, 0.29) is 5.69 Å². The maximum Gasteiger partial charge on any atom is 0.357 e. The summed E-state index contributed by atoms with van der Waals surface area (Å²) in [7, 11) is 0. The predicted octanol–water partition coefficient (Wildman–Crippen LogP) is 0.622. The predicted molar refractivity (Wildman–Crippen MR) is 46.8 cm³/mol. The number of carbonyl (C=O) groups is 1. The van der Waals surface area contributed by atoms with Crippen LogP contribution in [0.5, 0.6) is 0 Å². The molecule has 0 atom stereocenters. The number of hydrogen-bond acceptors (Lipinski definition) is 4. The highest BCUT2D eigenvalue weighted by molar-refractivity contribution is 6.08. The molecule has 0 aliphatic heterocycles. The maximum atomic E-state index is 10.8. The topological polar surface area (TPSA) is 98.6 Å². The average molecular weight is 195 g/mol. The third-order valence-electron chi connectivity index (χ3n) is 2.29. The first-order chi connectivity index (χ1) is 6.74. The molecule has 0 bridgehead atoms. The minimum Gasteiger partial charge on any atom is -0.476 e. The van der Waals surface area contributed by atoms with E-state index in [2.05, 4.69) is 15.4 Å². The van der Waals surface area contributed by atoms with Crippen LogP contribution in [0.15, 0.2) is 5.16 Å². The van der Waals surface area contributed by atoms with Crippen LogP contribution in [0.2, 0.25) is 0 Å². The molecule has 0 saturated carbocycles. The van der Waals surface area contributed by atoms with Crippen molar-refractivity contribution in [1.82, 2.24) is 10.2 Å². The molecule has 0 aromatic carbocycles. The summed E-state index contributed by atoms with van der Waals surface area (Å²) in [4.78, 5) is 10.8. The Balaban J connectivity index is 2.58. The lowest BCUT2D eigenvalue weighted by Gasteiger charge is -2.11. The van der Waals surface area contributed by atoms with E-state index in [4.69, 9.17) is 10.3 Å². The highest BCUT2D eigenvalue weighted by atomic mass is 16.4. The van der Waals surface area contributed by atoms with Gasteiger partial charge in [-0.25, -0.2) is 4.79 Å². The summed E-state index contributed by atoms with van der Waals surface area (Å²) in [6.07, 6.45) is 2.17. The molecule has 0 saturated heterocycles. The van der Waals surface area contributed by atoms with Crippen molar-refractivity contribution >= 4 is 11.7 Å². The zero-order valence-corrected chi connectivity index (χ0v) is 7.32. The zero-order valence-electron chi connectivity index (χ0n) is 7.32. The number of nitrogens with zero attached hydrogens (tertiary/aromatic N) is 2. The van der Waals surface area contributed by atoms with E-state index in [9.17, 15) is 4.79 Å². The molecule has 0 amide bonds. The van der Waals surface area contributed by atoms with Gasteiger partial charge in [-0.05, 0) is 19.3 Å². The average Bonchev–Trinajstić information content (AvgIpc) is 2.60. The summed E-state index contributed by atoms with van der Waals surface area (Å²) < 4.78 is 0. The van der Waals surface area contributed by atoms with Gasteiger partial charge < -0.3 is 10.3 Å². The third-order valence-corrected chi connectivity index (χ3v) is 2.29. The van der Waals surface area contributed by atoms with Gasteiger partial charge in [-0.15, -0.1) is 0 Å². The van der Waals surface area contributed by atoms with Gasteiger partial charge in [0.05, 0.1) is 11.3 Å². The van der Waals surface area contributed by atoms with Crippen LogP contribution in [0.1, 0.15) is 34.6 Å². The van der Waals surface area contributed by atoms with Gasteiger partial charge in [0.25, 0.3) is 0 Å². The summed E-state index contributed by atoms with van der Waals surface area (Å²) in [5, 5.41) is 27.0. The van der Waals surface area contributed by atoms with E-state index in [0.29, 0.717) is 17.7 Å². The second kappa shape index (κ2) is 3.13. The number of carboxylic acids is 1. The third kappa shape index (κ3) is 1.15. The number of aryl methyl sites for hydroxylation is 1. The molecule has 3 N–H and O–H groups in total. The molecule has 1 aliphatic rings. The van der Waals surface area contributed by atoms with Crippen LogP contribution in [0.25, 0.3) is 0 Å². The lowest BCUT2D eigenvalue weighted by molar-refractivity contribution is 0.0690. The number of H-pyrrole nitrogens is 1. The molecule has 0 fully saturated rings. The Morgan fingerprint density at radius 2 is 2.29 bits per heavy atom. The fraction of sp³-hybridized carbons (Fsp3) is 0.375. The normalized spacial score (nSPS) is 18.1. The van der Waals surface area contributed by atoms with E-state index in [0.717, 1.165) is 18.5 Å². The van der Waals surface area contributed by atoms with Gasteiger partial charge in [0.15, 0.2) is 5.69 Å². The van der Waals surface area contributed by atoms with Gasteiger partial charge in [-0.1, -0.05) is 5.16 Å². The van der Waals surface area contributed by atoms with Crippen LogP contribution in [0.4, 0.5) is 0 Å². The van der Waals surface area contributed by atoms with E-state index in [1.807, 2.05) is 0 Å². The van der Waals surface area contributed by atoms with Crippen LogP contribution in [0.3, 0.4) is 0 Å². The molecule has 2 rings (SSSR count). The molecule has 1 heterocycles. The van der Waals surface area contributed by atoms with E-state index in [1.54, 1.807) is 0 Å². The SMILES string of the molecule is O=C(O)c1n[nH]c2c1C(=NO)CCC2. The number of carboxylic acid groups (broad SMARTS) is 1. The Hall–Kier alpha value is -1.85. The Morgan fingerprint density at radius 3 is 2.93 bits per heavy atom. The minimum absolute atomic E-state index is 0.0625. The summed E-state index contributed by atoms with van der Waals surface area (Å²) in [6, 6.07) is 0. The van der Waals surface area contributed by atoms with Crippen molar-refractivity contribution in [2.75, 3.05) is 0 Å². The molecule has 1 aromatic rings. The lowest BCUT2D eigenvalue weighted by Crippen LogP contribution is -2.14. The van der Waals surface area contributed by atoms with Crippen molar-refractivity contribution in [2.45, 2.75) is 19.3 Å². The molecule has 1 aromatic heterocycles.